The van der Waals surface area contributed by atoms with Crippen molar-refractivity contribution >= 4 is 17.3 Å². The third-order valence-corrected chi connectivity index (χ3v) is 2.38. The zero-order chi connectivity index (χ0) is 14.4. The minimum atomic E-state index is -0.624. The average molecular weight is 267 g/mol. The second-order valence-corrected chi connectivity index (χ2v) is 4.09. The minimum Gasteiger partial charge on any atom is -0.493 e. The van der Waals surface area contributed by atoms with Crippen molar-refractivity contribution in [1.29, 1.82) is 0 Å². The second-order valence-electron chi connectivity index (χ2n) is 4.09. The van der Waals surface area contributed by atoms with Gasteiger partial charge in [0.25, 0.3) is 5.69 Å². The molecule has 1 aromatic rings. The molecular formula is C12H17N3O4. The summed E-state index contributed by atoms with van der Waals surface area (Å²) in [5.74, 6) is -0.155. The number of non-ortho nitro benzene ring substituents is 1. The van der Waals surface area contributed by atoms with E-state index in [9.17, 15) is 14.9 Å². The Kier molecular flexibility index (Phi) is 5.11. The van der Waals surface area contributed by atoms with E-state index >= 15 is 0 Å². The number of carbonyl (C=O) groups excluding carboxylic acids is 1. The van der Waals surface area contributed by atoms with Gasteiger partial charge in [-0.2, -0.15) is 0 Å². The Hall–Kier alpha value is -2.31. The van der Waals surface area contributed by atoms with Gasteiger partial charge in [-0.25, -0.2) is 0 Å². The third-order valence-electron chi connectivity index (χ3n) is 2.38. The highest BCUT2D eigenvalue weighted by molar-refractivity contribution is 5.82. The van der Waals surface area contributed by atoms with E-state index in [0.717, 1.165) is 6.42 Å². The summed E-state index contributed by atoms with van der Waals surface area (Å²) in [5.41, 5.74) is 5.45. The number of nitro benzene ring substituents is 1. The van der Waals surface area contributed by atoms with E-state index in [0.29, 0.717) is 18.0 Å². The molecule has 0 radical (unpaired) electrons. The lowest BCUT2D eigenvalue weighted by molar-refractivity contribution is -0.384. The van der Waals surface area contributed by atoms with Gasteiger partial charge in [0, 0.05) is 17.8 Å². The van der Waals surface area contributed by atoms with E-state index in [2.05, 4.69) is 5.32 Å². The summed E-state index contributed by atoms with van der Waals surface area (Å²) in [4.78, 5) is 21.3. The quantitative estimate of drug-likeness (QED) is 0.577. The molecule has 7 heteroatoms. The molecule has 0 aliphatic carbocycles. The van der Waals surface area contributed by atoms with Gasteiger partial charge in [0.05, 0.1) is 17.6 Å². The van der Waals surface area contributed by atoms with E-state index in [1.165, 1.54) is 12.1 Å². The van der Waals surface area contributed by atoms with Crippen molar-refractivity contribution in [1.82, 2.24) is 0 Å². The fourth-order valence-corrected chi connectivity index (χ4v) is 1.40. The summed E-state index contributed by atoms with van der Waals surface area (Å²) >= 11 is 0. The molecule has 3 N–H and O–H groups in total. The Morgan fingerprint density at radius 3 is 2.74 bits per heavy atom. The fourth-order valence-electron chi connectivity index (χ4n) is 1.40. The van der Waals surface area contributed by atoms with E-state index in [1.807, 2.05) is 6.92 Å². The standard InChI is InChI=1S/C12H17N3O4/c1-3-4-19-11-6-9(14-8(2)12(13)16)5-10(7-11)15(17)18/h5-8,14H,3-4H2,1-2H3,(H2,13,16). The largest absolute Gasteiger partial charge is 0.493 e. The zero-order valence-corrected chi connectivity index (χ0v) is 10.9. The zero-order valence-electron chi connectivity index (χ0n) is 10.9. The molecule has 1 atom stereocenters. The molecule has 0 saturated heterocycles. The Morgan fingerprint density at radius 1 is 1.53 bits per heavy atom. The van der Waals surface area contributed by atoms with Crippen LogP contribution in [0.1, 0.15) is 20.3 Å². The van der Waals surface area contributed by atoms with Gasteiger partial charge >= 0.3 is 0 Å². The number of ether oxygens (including phenoxy) is 1. The van der Waals surface area contributed by atoms with Crippen molar-refractivity contribution in [2.75, 3.05) is 11.9 Å². The highest BCUT2D eigenvalue weighted by Gasteiger charge is 2.14. The predicted octanol–water partition coefficient (Wildman–Crippen LogP) is 1.67. The normalized spacial score (nSPS) is 11.7. The summed E-state index contributed by atoms with van der Waals surface area (Å²) in [6.07, 6.45) is 0.795. The average Bonchev–Trinajstić information content (AvgIpc) is 2.35. The molecule has 104 valence electrons. The molecule has 19 heavy (non-hydrogen) atoms. The number of primary amides is 1. The number of nitrogens with one attached hydrogen (secondary N) is 1. The Morgan fingerprint density at radius 2 is 2.21 bits per heavy atom. The SMILES string of the molecule is CCCOc1cc(NC(C)C(N)=O)cc([N+](=O)[O-])c1. The van der Waals surface area contributed by atoms with Crippen molar-refractivity contribution in [2.45, 2.75) is 26.3 Å². The van der Waals surface area contributed by atoms with Crippen LogP contribution in [-0.2, 0) is 4.79 Å². The molecule has 0 aliphatic heterocycles. The Balaban J connectivity index is 2.98. The van der Waals surface area contributed by atoms with Crippen LogP contribution in [0.4, 0.5) is 11.4 Å². The first-order valence-corrected chi connectivity index (χ1v) is 5.92. The van der Waals surface area contributed by atoms with E-state index < -0.39 is 16.9 Å². The number of nitro groups is 1. The van der Waals surface area contributed by atoms with Crippen LogP contribution in [0.15, 0.2) is 18.2 Å². The number of nitrogens with two attached hydrogens (primary N) is 1. The van der Waals surface area contributed by atoms with Crippen LogP contribution < -0.4 is 15.8 Å². The maximum absolute atomic E-state index is 11.0. The summed E-state index contributed by atoms with van der Waals surface area (Å²) in [6, 6.07) is 3.65. The molecule has 0 saturated carbocycles. The van der Waals surface area contributed by atoms with E-state index in [1.54, 1.807) is 13.0 Å². The first-order chi connectivity index (χ1) is 8.93. The molecule has 0 bridgehead atoms. The molecule has 1 amide bonds. The lowest BCUT2D eigenvalue weighted by Gasteiger charge is -2.13. The van der Waals surface area contributed by atoms with Gasteiger partial charge in [0.15, 0.2) is 0 Å². The first-order valence-electron chi connectivity index (χ1n) is 5.92. The number of hydrogen-bond acceptors (Lipinski definition) is 5. The molecule has 0 heterocycles. The number of anilines is 1. The molecule has 0 aliphatic rings. The van der Waals surface area contributed by atoms with Crippen LogP contribution in [0.25, 0.3) is 0 Å². The Labute approximate surface area is 110 Å². The number of nitrogens with zero attached hydrogens (tertiary/aromatic N) is 1. The highest BCUT2D eigenvalue weighted by atomic mass is 16.6. The maximum atomic E-state index is 11.0. The second kappa shape index (κ2) is 6.58. The maximum Gasteiger partial charge on any atom is 0.275 e. The van der Waals surface area contributed by atoms with Crippen molar-refractivity contribution < 1.29 is 14.5 Å². The molecule has 0 fully saturated rings. The number of hydrogen-bond donors (Lipinski definition) is 2. The van der Waals surface area contributed by atoms with Crippen LogP contribution in [-0.4, -0.2) is 23.5 Å². The molecule has 1 aromatic carbocycles. The first kappa shape index (κ1) is 14.7. The topological polar surface area (TPSA) is 107 Å². The van der Waals surface area contributed by atoms with Gasteiger partial charge in [0.1, 0.15) is 11.8 Å². The Bertz CT molecular complexity index is 476. The number of rotatable bonds is 7. The number of benzene rings is 1. The lowest BCUT2D eigenvalue weighted by atomic mass is 10.2. The molecule has 1 rings (SSSR count). The summed E-state index contributed by atoms with van der Waals surface area (Å²) in [6.45, 7) is 3.98. The fraction of sp³-hybridized carbons (Fsp3) is 0.417. The molecular weight excluding hydrogens is 250 g/mol. The van der Waals surface area contributed by atoms with Crippen molar-refractivity contribution in [3.8, 4) is 5.75 Å². The van der Waals surface area contributed by atoms with Gasteiger partial charge in [0.2, 0.25) is 5.91 Å². The third kappa shape index (κ3) is 4.46. The van der Waals surface area contributed by atoms with Crippen LogP contribution in [0.5, 0.6) is 5.75 Å². The lowest BCUT2D eigenvalue weighted by Crippen LogP contribution is -2.32. The van der Waals surface area contributed by atoms with Crippen LogP contribution in [0.2, 0.25) is 0 Å². The smallest absolute Gasteiger partial charge is 0.275 e. The molecule has 0 spiro atoms. The van der Waals surface area contributed by atoms with Crippen LogP contribution >= 0.6 is 0 Å². The van der Waals surface area contributed by atoms with Gasteiger partial charge in [-0.3, -0.25) is 14.9 Å². The van der Waals surface area contributed by atoms with Gasteiger partial charge in [-0.15, -0.1) is 0 Å². The van der Waals surface area contributed by atoms with Gasteiger partial charge in [-0.1, -0.05) is 6.92 Å². The number of amides is 1. The molecule has 0 aromatic heterocycles. The predicted molar refractivity (Wildman–Crippen MR) is 71.2 cm³/mol. The summed E-state index contributed by atoms with van der Waals surface area (Å²) < 4.78 is 5.37. The summed E-state index contributed by atoms with van der Waals surface area (Å²) in [7, 11) is 0. The van der Waals surface area contributed by atoms with Gasteiger partial charge in [-0.05, 0) is 13.3 Å². The highest BCUT2D eigenvalue weighted by Crippen LogP contribution is 2.26. The monoisotopic (exact) mass is 267 g/mol. The van der Waals surface area contributed by atoms with Crippen LogP contribution in [0.3, 0.4) is 0 Å². The van der Waals surface area contributed by atoms with Crippen molar-refractivity contribution in [3.63, 3.8) is 0 Å². The summed E-state index contributed by atoms with van der Waals surface area (Å²) in [5, 5.41) is 13.6. The molecule has 1 unspecified atom stereocenters. The van der Waals surface area contributed by atoms with Crippen molar-refractivity contribution in [3.05, 3.63) is 28.3 Å². The van der Waals surface area contributed by atoms with E-state index in [-0.39, 0.29) is 5.69 Å². The number of carbonyl (C=O) groups is 1. The van der Waals surface area contributed by atoms with Crippen molar-refractivity contribution in [2.24, 2.45) is 5.73 Å². The van der Waals surface area contributed by atoms with Crippen LogP contribution in [0, 0.1) is 10.1 Å². The van der Waals surface area contributed by atoms with Gasteiger partial charge < -0.3 is 15.8 Å². The molecule has 7 nitrogen and oxygen atoms in total. The van der Waals surface area contributed by atoms with E-state index in [4.69, 9.17) is 10.5 Å². The minimum absolute atomic E-state index is 0.104.